The summed E-state index contributed by atoms with van der Waals surface area (Å²) in [7, 11) is 4.04. The smallest absolute Gasteiger partial charge is 0.167 e. The van der Waals surface area contributed by atoms with Crippen molar-refractivity contribution in [3.05, 3.63) is 16.8 Å². The van der Waals surface area contributed by atoms with Crippen LogP contribution in [0.2, 0.25) is 0 Å². The van der Waals surface area contributed by atoms with Gasteiger partial charge in [-0.3, -0.25) is 0 Å². The molecule has 0 saturated carbocycles. The average molecular weight is 261 g/mol. The maximum absolute atomic E-state index is 9.38. The lowest BCUT2D eigenvalue weighted by Gasteiger charge is -2.20. The van der Waals surface area contributed by atoms with Gasteiger partial charge in [-0.1, -0.05) is 13.8 Å². The predicted molar refractivity (Wildman–Crippen MR) is 77.1 cm³/mol. The highest BCUT2D eigenvalue weighted by Gasteiger charge is 2.15. The van der Waals surface area contributed by atoms with Crippen molar-refractivity contribution < 1.29 is 0 Å². The number of anilines is 1. The van der Waals surface area contributed by atoms with E-state index >= 15 is 0 Å². The maximum Gasteiger partial charge on any atom is 0.167 e. The number of rotatable bonds is 6. The minimum atomic E-state index is 0.216. The highest BCUT2D eigenvalue weighted by molar-refractivity contribution is 5.56. The van der Waals surface area contributed by atoms with Crippen molar-refractivity contribution in [1.82, 2.24) is 15.1 Å². The highest BCUT2D eigenvalue weighted by atomic mass is 15.2. The molecule has 5 heteroatoms. The molecule has 1 atom stereocenters. The molecule has 0 aliphatic heterocycles. The van der Waals surface area contributed by atoms with Crippen molar-refractivity contribution in [3.63, 3.8) is 0 Å². The summed E-state index contributed by atoms with van der Waals surface area (Å²) in [6.07, 6.45) is 1.61. The van der Waals surface area contributed by atoms with Crippen LogP contribution < -0.4 is 5.32 Å². The summed E-state index contributed by atoms with van der Waals surface area (Å²) in [6, 6.07) is 2.49. The number of hydrogen-bond acceptors (Lipinski definition) is 5. The monoisotopic (exact) mass is 261 g/mol. The van der Waals surface area contributed by atoms with Crippen molar-refractivity contribution in [3.8, 4) is 6.07 Å². The molecule has 1 aromatic heterocycles. The largest absolute Gasteiger partial charge is 0.364 e. The minimum Gasteiger partial charge on any atom is -0.364 e. The Kier molecular flexibility index (Phi) is 5.71. The second kappa shape index (κ2) is 7.05. The van der Waals surface area contributed by atoms with Gasteiger partial charge in [0, 0.05) is 12.6 Å². The van der Waals surface area contributed by atoms with E-state index in [1.54, 1.807) is 0 Å². The van der Waals surface area contributed by atoms with E-state index in [9.17, 15) is 5.26 Å². The lowest BCUT2D eigenvalue weighted by Crippen LogP contribution is -2.30. The van der Waals surface area contributed by atoms with Gasteiger partial charge in [-0.05, 0) is 39.4 Å². The van der Waals surface area contributed by atoms with E-state index in [0.717, 1.165) is 30.6 Å². The Bertz CT molecular complexity index is 462. The summed E-state index contributed by atoms with van der Waals surface area (Å²) in [5, 5.41) is 21.1. The SMILES string of the molecule is CCc1nnc(NC(C)CN(C)C)c(C#N)c1CC. The molecule has 0 bridgehead atoms. The van der Waals surface area contributed by atoms with Crippen LogP contribution in [0.1, 0.15) is 37.6 Å². The second-order valence-corrected chi connectivity index (χ2v) is 4.98. The molecule has 19 heavy (non-hydrogen) atoms. The number of aromatic nitrogens is 2. The zero-order chi connectivity index (χ0) is 14.4. The molecule has 1 heterocycles. The molecular formula is C14H23N5. The summed E-state index contributed by atoms with van der Waals surface area (Å²) < 4.78 is 0. The highest BCUT2D eigenvalue weighted by Crippen LogP contribution is 2.20. The first-order valence-electron chi connectivity index (χ1n) is 6.73. The third-order valence-corrected chi connectivity index (χ3v) is 2.98. The van der Waals surface area contributed by atoms with Crippen LogP contribution in [-0.2, 0) is 12.8 Å². The fourth-order valence-electron chi connectivity index (χ4n) is 2.22. The molecule has 104 valence electrons. The summed E-state index contributed by atoms with van der Waals surface area (Å²) in [6.45, 7) is 7.03. The number of nitriles is 1. The number of likely N-dealkylation sites (N-methyl/N-ethyl adjacent to an activating group) is 1. The summed E-state index contributed by atoms with van der Waals surface area (Å²) in [4.78, 5) is 2.10. The van der Waals surface area contributed by atoms with Gasteiger partial charge in [0.1, 0.15) is 11.6 Å². The van der Waals surface area contributed by atoms with Gasteiger partial charge < -0.3 is 10.2 Å². The first-order chi connectivity index (χ1) is 9.03. The number of nitrogens with one attached hydrogen (secondary N) is 1. The molecule has 0 aliphatic carbocycles. The topological polar surface area (TPSA) is 64.8 Å². The van der Waals surface area contributed by atoms with Crippen LogP contribution >= 0.6 is 0 Å². The van der Waals surface area contributed by atoms with Crippen LogP contribution in [-0.4, -0.2) is 41.8 Å². The van der Waals surface area contributed by atoms with Gasteiger partial charge in [0.2, 0.25) is 0 Å². The number of aryl methyl sites for hydroxylation is 1. The Morgan fingerprint density at radius 1 is 1.26 bits per heavy atom. The van der Waals surface area contributed by atoms with E-state index in [1.165, 1.54) is 0 Å². The average Bonchev–Trinajstić information content (AvgIpc) is 2.36. The standard InChI is InChI=1S/C14H23N5/c1-6-11-12(8-15)14(18-17-13(11)7-2)16-10(3)9-19(4)5/h10H,6-7,9H2,1-5H3,(H,16,18). The Balaban J connectivity index is 3.05. The minimum absolute atomic E-state index is 0.216. The Morgan fingerprint density at radius 3 is 2.42 bits per heavy atom. The van der Waals surface area contributed by atoms with E-state index < -0.39 is 0 Å². The van der Waals surface area contributed by atoms with Gasteiger partial charge >= 0.3 is 0 Å². The predicted octanol–water partition coefficient (Wildman–Crippen LogP) is 1.84. The van der Waals surface area contributed by atoms with Gasteiger partial charge in [0.25, 0.3) is 0 Å². The van der Waals surface area contributed by atoms with E-state index in [0.29, 0.717) is 11.4 Å². The van der Waals surface area contributed by atoms with Crippen LogP contribution in [0.5, 0.6) is 0 Å². The lowest BCUT2D eigenvalue weighted by atomic mass is 10.0. The van der Waals surface area contributed by atoms with Crippen molar-refractivity contribution in [2.45, 2.75) is 39.7 Å². The van der Waals surface area contributed by atoms with Gasteiger partial charge in [-0.15, -0.1) is 5.10 Å². The first-order valence-corrected chi connectivity index (χ1v) is 6.73. The van der Waals surface area contributed by atoms with Gasteiger partial charge in [-0.2, -0.15) is 10.4 Å². The van der Waals surface area contributed by atoms with E-state index in [1.807, 2.05) is 27.9 Å². The molecule has 0 radical (unpaired) electrons. The van der Waals surface area contributed by atoms with E-state index in [4.69, 9.17) is 0 Å². The van der Waals surface area contributed by atoms with Crippen molar-refractivity contribution in [2.75, 3.05) is 26.0 Å². The van der Waals surface area contributed by atoms with Crippen molar-refractivity contribution in [1.29, 1.82) is 5.26 Å². The van der Waals surface area contributed by atoms with Crippen LogP contribution in [0.3, 0.4) is 0 Å². The van der Waals surface area contributed by atoms with Crippen LogP contribution in [0.4, 0.5) is 5.82 Å². The lowest BCUT2D eigenvalue weighted by molar-refractivity contribution is 0.391. The summed E-state index contributed by atoms with van der Waals surface area (Å²) in [5.74, 6) is 0.603. The Hall–Kier alpha value is -1.67. The van der Waals surface area contributed by atoms with E-state index in [-0.39, 0.29) is 6.04 Å². The molecule has 0 fully saturated rings. The zero-order valence-corrected chi connectivity index (χ0v) is 12.5. The van der Waals surface area contributed by atoms with Gasteiger partial charge in [-0.25, -0.2) is 0 Å². The third-order valence-electron chi connectivity index (χ3n) is 2.98. The maximum atomic E-state index is 9.38. The van der Waals surface area contributed by atoms with E-state index in [2.05, 4.69) is 33.4 Å². The quantitative estimate of drug-likeness (QED) is 0.846. The number of hydrogen-bond donors (Lipinski definition) is 1. The van der Waals surface area contributed by atoms with Crippen LogP contribution in [0.15, 0.2) is 0 Å². The van der Waals surface area contributed by atoms with Crippen LogP contribution in [0.25, 0.3) is 0 Å². The molecule has 0 spiro atoms. The van der Waals surface area contributed by atoms with Crippen molar-refractivity contribution in [2.24, 2.45) is 0 Å². The second-order valence-electron chi connectivity index (χ2n) is 4.98. The first kappa shape index (κ1) is 15.4. The van der Waals surface area contributed by atoms with Gasteiger partial charge in [0.15, 0.2) is 5.82 Å². The molecule has 1 rings (SSSR count). The Morgan fingerprint density at radius 2 is 1.95 bits per heavy atom. The molecule has 0 saturated heterocycles. The zero-order valence-electron chi connectivity index (χ0n) is 12.5. The molecule has 1 aromatic rings. The summed E-state index contributed by atoms with van der Waals surface area (Å²) >= 11 is 0. The Labute approximate surface area is 115 Å². The van der Waals surface area contributed by atoms with Gasteiger partial charge in [0.05, 0.1) is 5.69 Å². The van der Waals surface area contributed by atoms with Crippen molar-refractivity contribution >= 4 is 5.82 Å². The molecule has 5 nitrogen and oxygen atoms in total. The molecule has 0 aromatic carbocycles. The molecule has 0 aliphatic rings. The molecule has 1 unspecified atom stereocenters. The summed E-state index contributed by atoms with van der Waals surface area (Å²) in [5.41, 5.74) is 2.57. The fourth-order valence-corrected chi connectivity index (χ4v) is 2.22. The van der Waals surface area contributed by atoms with Crippen LogP contribution in [0, 0.1) is 11.3 Å². The third kappa shape index (κ3) is 3.90. The molecular weight excluding hydrogens is 238 g/mol. The normalized spacial score (nSPS) is 12.3. The fraction of sp³-hybridized carbons (Fsp3) is 0.643. The number of nitrogens with zero attached hydrogens (tertiary/aromatic N) is 4. The molecule has 1 N–H and O–H groups in total. The molecule has 0 amide bonds.